The average molecular weight is 270 g/mol. The molecule has 0 aliphatic carbocycles. The Hall–Kier alpha value is -0.120. The Labute approximate surface area is 120 Å². The highest BCUT2D eigenvalue weighted by molar-refractivity contribution is 4.88. The highest BCUT2D eigenvalue weighted by atomic mass is 16.5. The van der Waals surface area contributed by atoms with Crippen LogP contribution >= 0.6 is 0 Å². The van der Waals surface area contributed by atoms with E-state index >= 15 is 0 Å². The number of nitrogens with one attached hydrogen (secondary N) is 1. The molecule has 0 bridgehead atoms. The van der Waals surface area contributed by atoms with Crippen molar-refractivity contribution < 1.29 is 4.74 Å². The highest BCUT2D eigenvalue weighted by Gasteiger charge is 2.37. The molecule has 0 aromatic carbocycles. The Balaban J connectivity index is 2.15. The van der Waals surface area contributed by atoms with Gasteiger partial charge in [-0.25, -0.2) is 0 Å². The maximum Gasteiger partial charge on any atom is 0.0760 e. The van der Waals surface area contributed by atoms with Crippen LogP contribution < -0.4 is 5.32 Å². The molecule has 1 aliphatic rings. The first-order valence-electron chi connectivity index (χ1n) is 7.98. The van der Waals surface area contributed by atoms with Gasteiger partial charge >= 0.3 is 0 Å². The lowest BCUT2D eigenvalue weighted by Crippen LogP contribution is -2.57. The van der Waals surface area contributed by atoms with E-state index in [0.717, 1.165) is 19.6 Å². The van der Waals surface area contributed by atoms with Gasteiger partial charge in [0.05, 0.1) is 11.2 Å². The molecule has 0 aromatic rings. The minimum atomic E-state index is -0.00949. The van der Waals surface area contributed by atoms with Gasteiger partial charge < -0.3 is 10.1 Å². The Morgan fingerprint density at radius 1 is 0.947 bits per heavy atom. The number of hydrogen-bond donors (Lipinski definition) is 1. The van der Waals surface area contributed by atoms with E-state index in [1.807, 2.05) is 0 Å². The number of unbranched alkanes of at least 4 members (excludes halogenated alkanes) is 2. The van der Waals surface area contributed by atoms with Crippen molar-refractivity contribution in [3.8, 4) is 0 Å². The van der Waals surface area contributed by atoms with Gasteiger partial charge in [0, 0.05) is 13.1 Å². The summed E-state index contributed by atoms with van der Waals surface area (Å²) in [5.74, 6) is 0. The normalized spacial score (nSPS) is 22.6. The van der Waals surface area contributed by atoms with E-state index in [9.17, 15) is 0 Å². The molecular formula is C16H34N2O. The Morgan fingerprint density at radius 3 is 2.16 bits per heavy atom. The zero-order chi connectivity index (χ0) is 14.4. The second kappa shape index (κ2) is 7.61. The van der Waals surface area contributed by atoms with Gasteiger partial charge in [-0.15, -0.1) is 0 Å². The molecule has 0 spiro atoms. The fourth-order valence-electron chi connectivity index (χ4n) is 3.17. The van der Waals surface area contributed by atoms with E-state index < -0.39 is 0 Å². The summed E-state index contributed by atoms with van der Waals surface area (Å²) in [6.45, 7) is 16.7. The van der Waals surface area contributed by atoms with Crippen LogP contribution in [0.2, 0.25) is 0 Å². The molecule has 1 aliphatic heterocycles. The third-order valence-corrected chi connectivity index (χ3v) is 3.52. The molecule has 1 fully saturated rings. The van der Waals surface area contributed by atoms with E-state index in [1.165, 1.54) is 38.8 Å². The van der Waals surface area contributed by atoms with Crippen LogP contribution in [0.4, 0.5) is 0 Å². The molecule has 114 valence electrons. The molecule has 0 radical (unpaired) electrons. The first kappa shape index (κ1) is 16.9. The molecule has 0 unspecified atom stereocenters. The topological polar surface area (TPSA) is 24.5 Å². The molecule has 1 N–H and O–H groups in total. The summed E-state index contributed by atoms with van der Waals surface area (Å²) < 4.78 is 6.11. The Morgan fingerprint density at radius 2 is 1.58 bits per heavy atom. The summed E-state index contributed by atoms with van der Waals surface area (Å²) in [4.78, 5) is 2.57. The van der Waals surface area contributed by atoms with Crippen LogP contribution in [-0.2, 0) is 4.74 Å². The number of hydrogen-bond acceptors (Lipinski definition) is 3. The summed E-state index contributed by atoms with van der Waals surface area (Å²) >= 11 is 0. The monoisotopic (exact) mass is 270 g/mol. The molecule has 0 amide bonds. The second-order valence-electron chi connectivity index (χ2n) is 7.14. The fraction of sp³-hybridized carbons (Fsp3) is 1.00. The van der Waals surface area contributed by atoms with Crippen LogP contribution in [0.5, 0.6) is 0 Å². The van der Waals surface area contributed by atoms with Gasteiger partial charge in [-0.3, -0.25) is 4.90 Å². The SMILES string of the molecule is CCCNCCCCCN1CC(C)(C)OC(C)(C)C1. The van der Waals surface area contributed by atoms with Gasteiger partial charge in [-0.2, -0.15) is 0 Å². The maximum atomic E-state index is 6.11. The molecule has 1 saturated heterocycles. The van der Waals surface area contributed by atoms with Crippen molar-refractivity contribution in [3.05, 3.63) is 0 Å². The van der Waals surface area contributed by atoms with E-state index in [-0.39, 0.29) is 11.2 Å². The molecule has 0 saturated carbocycles. The summed E-state index contributed by atoms with van der Waals surface area (Å²) in [6.07, 6.45) is 5.17. The minimum absolute atomic E-state index is 0.00949. The summed E-state index contributed by atoms with van der Waals surface area (Å²) in [6, 6.07) is 0. The van der Waals surface area contributed by atoms with Crippen LogP contribution in [-0.4, -0.2) is 48.8 Å². The highest BCUT2D eigenvalue weighted by Crippen LogP contribution is 2.28. The van der Waals surface area contributed by atoms with Crippen LogP contribution in [0.1, 0.15) is 60.3 Å². The van der Waals surface area contributed by atoms with Gasteiger partial charge in [0.1, 0.15) is 0 Å². The molecule has 1 heterocycles. The summed E-state index contributed by atoms with van der Waals surface area (Å²) in [5, 5.41) is 3.47. The lowest BCUT2D eigenvalue weighted by atomic mass is 9.98. The van der Waals surface area contributed by atoms with Crippen LogP contribution in [0.25, 0.3) is 0 Å². The van der Waals surface area contributed by atoms with Crippen molar-refractivity contribution in [2.24, 2.45) is 0 Å². The average Bonchev–Trinajstić information content (AvgIpc) is 2.23. The quantitative estimate of drug-likeness (QED) is 0.686. The number of rotatable bonds is 8. The maximum absolute atomic E-state index is 6.11. The van der Waals surface area contributed by atoms with Crippen molar-refractivity contribution in [3.63, 3.8) is 0 Å². The zero-order valence-electron chi connectivity index (χ0n) is 13.7. The largest absolute Gasteiger partial charge is 0.367 e. The van der Waals surface area contributed by atoms with Crippen molar-refractivity contribution in [2.75, 3.05) is 32.7 Å². The predicted octanol–water partition coefficient (Wildman–Crippen LogP) is 3.05. The van der Waals surface area contributed by atoms with Crippen LogP contribution in [0.15, 0.2) is 0 Å². The molecule has 0 aromatic heterocycles. The lowest BCUT2D eigenvalue weighted by Gasteiger charge is -2.47. The molecule has 3 nitrogen and oxygen atoms in total. The van der Waals surface area contributed by atoms with Gasteiger partial charge in [-0.05, 0) is 66.6 Å². The number of ether oxygens (including phenoxy) is 1. The smallest absolute Gasteiger partial charge is 0.0760 e. The molecule has 3 heteroatoms. The first-order valence-corrected chi connectivity index (χ1v) is 7.98. The Bertz CT molecular complexity index is 235. The van der Waals surface area contributed by atoms with Crippen molar-refractivity contribution in [1.29, 1.82) is 0 Å². The van der Waals surface area contributed by atoms with Crippen LogP contribution in [0.3, 0.4) is 0 Å². The lowest BCUT2D eigenvalue weighted by molar-refractivity contribution is -0.180. The van der Waals surface area contributed by atoms with Crippen LogP contribution in [0, 0.1) is 0 Å². The van der Waals surface area contributed by atoms with E-state index in [0.29, 0.717) is 0 Å². The van der Waals surface area contributed by atoms with E-state index in [2.05, 4.69) is 44.8 Å². The van der Waals surface area contributed by atoms with E-state index in [4.69, 9.17) is 4.74 Å². The molecular weight excluding hydrogens is 236 g/mol. The predicted molar refractivity (Wildman–Crippen MR) is 82.7 cm³/mol. The zero-order valence-corrected chi connectivity index (χ0v) is 13.7. The van der Waals surface area contributed by atoms with Crippen molar-refractivity contribution >= 4 is 0 Å². The molecule has 0 atom stereocenters. The number of nitrogens with zero attached hydrogens (tertiary/aromatic N) is 1. The first-order chi connectivity index (χ1) is 8.85. The van der Waals surface area contributed by atoms with Gasteiger partial charge in [0.2, 0.25) is 0 Å². The Kier molecular flexibility index (Phi) is 6.78. The molecule has 1 rings (SSSR count). The van der Waals surface area contributed by atoms with Gasteiger partial charge in [0.25, 0.3) is 0 Å². The van der Waals surface area contributed by atoms with Gasteiger partial charge in [0.15, 0.2) is 0 Å². The summed E-state index contributed by atoms with van der Waals surface area (Å²) in [7, 11) is 0. The summed E-state index contributed by atoms with van der Waals surface area (Å²) in [5.41, 5.74) is -0.0190. The standard InChI is InChI=1S/C16H34N2O/c1-6-10-17-11-8-7-9-12-18-13-15(2,3)19-16(4,5)14-18/h17H,6-14H2,1-5H3. The fourth-order valence-corrected chi connectivity index (χ4v) is 3.17. The third kappa shape index (κ3) is 7.28. The van der Waals surface area contributed by atoms with Crippen molar-refractivity contribution in [2.45, 2.75) is 71.5 Å². The third-order valence-electron chi connectivity index (χ3n) is 3.52. The second-order valence-corrected chi connectivity index (χ2v) is 7.14. The number of morpholine rings is 1. The van der Waals surface area contributed by atoms with Crippen molar-refractivity contribution in [1.82, 2.24) is 10.2 Å². The minimum Gasteiger partial charge on any atom is -0.367 e. The van der Waals surface area contributed by atoms with E-state index in [1.54, 1.807) is 0 Å². The van der Waals surface area contributed by atoms with Gasteiger partial charge in [-0.1, -0.05) is 13.3 Å². The molecule has 19 heavy (non-hydrogen) atoms.